The van der Waals surface area contributed by atoms with Crippen molar-refractivity contribution in [3.8, 4) is 0 Å². The highest BCUT2D eigenvalue weighted by atomic mass is 16.5. The molecule has 5 rings (SSSR count). The fourth-order valence-corrected chi connectivity index (χ4v) is 5.06. The number of nitrogens with zero attached hydrogens (tertiary/aromatic N) is 1. The Labute approximate surface area is 157 Å². The third-order valence-electron chi connectivity index (χ3n) is 6.35. The molecule has 2 saturated heterocycles. The molecule has 4 aliphatic rings. The second kappa shape index (κ2) is 6.30. The maximum absolute atomic E-state index is 12.9. The van der Waals surface area contributed by atoms with E-state index in [1.165, 1.54) is 4.90 Å². The summed E-state index contributed by atoms with van der Waals surface area (Å²) in [5, 5.41) is 2.88. The van der Waals surface area contributed by atoms with Gasteiger partial charge in [-0.1, -0.05) is 18.2 Å². The van der Waals surface area contributed by atoms with Crippen LogP contribution >= 0.6 is 0 Å². The topological polar surface area (TPSA) is 75.7 Å². The number of allylic oxidation sites excluding steroid dienone is 2. The van der Waals surface area contributed by atoms with Gasteiger partial charge in [0.25, 0.3) is 5.91 Å². The molecule has 5 atom stereocenters. The van der Waals surface area contributed by atoms with Crippen molar-refractivity contribution < 1.29 is 19.1 Å². The number of imide groups is 1. The molecule has 0 aromatic heterocycles. The summed E-state index contributed by atoms with van der Waals surface area (Å²) in [6, 6.07) is 6.78. The van der Waals surface area contributed by atoms with Crippen molar-refractivity contribution in [2.45, 2.75) is 25.4 Å². The van der Waals surface area contributed by atoms with Crippen molar-refractivity contribution in [2.24, 2.45) is 23.7 Å². The lowest BCUT2D eigenvalue weighted by atomic mass is 9.85. The van der Waals surface area contributed by atoms with Crippen LogP contribution in [0.1, 0.15) is 29.6 Å². The molecule has 1 aromatic rings. The number of anilines is 1. The van der Waals surface area contributed by atoms with Crippen molar-refractivity contribution in [1.29, 1.82) is 0 Å². The van der Waals surface area contributed by atoms with Gasteiger partial charge >= 0.3 is 0 Å². The van der Waals surface area contributed by atoms with Crippen LogP contribution in [0.15, 0.2) is 36.4 Å². The van der Waals surface area contributed by atoms with Gasteiger partial charge in [-0.25, -0.2) is 4.90 Å². The number of rotatable bonds is 4. The molecule has 140 valence electrons. The zero-order valence-electron chi connectivity index (χ0n) is 15.0. The minimum Gasteiger partial charge on any atom is -0.376 e. The van der Waals surface area contributed by atoms with Gasteiger partial charge < -0.3 is 10.1 Å². The highest BCUT2D eigenvalue weighted by Crippen LogP contribution is 2.53. The van der Waals surface area contributed by atoms with Crippen LogP contribution in [-0.2, 0) is 14.3 Å². The fourth-order valence-electron chi connectivity index (χ4n) is 5.06. The van der Waals surface area contributed by atoms with E-state index in [9.17, 15) is 14.4 Å². The molecule has 0 spiro atoms. The first-order valence-electron chi connectivity index (χ1n) is 9.69. The molecule has 1 N–H and O–H groups in total. The number of amides is 3. The Kier molecular flexibility index (Phi) is 3.90. The van der Waals surface area contributed by atoms with Crippen molar-refractivity contribution in [2.75, 3.05) is 18.1 Å². The van der Waals surface area contributed by atoms with Crippen LogP contribution in [0.2, 0.25) is 0 Å². The summed E-state index contributed by atoms with van der Waals surface area (Å²) in [7, 11) is 0. The van der Waals surface area contributed by atoms with E-state index < -0.39 is 0 Å². The first kappa shape index (κ1) is 16.7. The zero-order valence-corrected chi connectivity index (χ0v) is 15.0. The lowest BCUT2D eigenvalue weighted by Gasteiger charge is -2.18. The average molecular weight is 366 g/mol. The van der Waals surface area contributed by atoms with Crippen LogP contribution in [0.4, 0.5) is 5.69 Å². The number of benzene rings is 1. The Morgan fingerprint density at radius 3 is 2.56 bits per heavy atom. The van der Waals surface area contributed by atoms with E-state index in [1.807, 2.05) is 0 Å². The third kappa shape index (κ3) is 2.62. The predicted molar refractivity (Wildman–Crippen MR) is 98.0 cm³/mol. The van der Waals surface area contributed by atoms with Crippen LogP contribution in [-0.4, -0.2) is 37.0 Å². The third-order valence-corrected chi connectivity index (χ3v) is 6.35. The van der Waals surface area contributed by atoms with Crippen molar-refractivity contribution >= 4 is 23.4 Å². The van der Waals surface area contributed by atoms with Gasteiger partial charge in [0, 0.05) is 18.7 Å². The summed E-state index contributed by atoms with van der Waals surface area (Å²) in [5.74, 6) is -0.571. The zero-order chi connectivity index (χ0) is 18.5. The molecule has 6 heteroatoms. The normalized spacial score (nSPS) is 33.8. The van der Waals surface area contributed by atoms with E-state index in [4.69, 9.17) is 4.74 Å². The molecule has 2 bridgehead atoms. The molecular formula is C21H22N2O4. The fraction of sp³-hybridized carbons (Fsp3) is 0.476. The van der Waals surface area contributed by atoms with Crippen molar-refractivity contribution in [3.05, 3.63) is 42.0 Å². The second-order valence-corrected chi connectivity index (χ2v) is 7.91. The first-order chi connectivity index (χ1) is 13.1. The number of carbonyl (C=O) groups excluding carboxylic acids is 3. The van der Waals surface area contributed by atoms with E-state index in [2.05, 4.69) is 17.5 Å². The maximum atomic E-state index is 12.9. The molecule has 1 aromatic carbocycles. The van der Waals surface area contributed by atoms with Gasteiger partial charge in [-0.05, 0) is 49.3 Å². The molecule has 0 unspecified atom stereocenters. The molecule has 0 radical (unpaired) electrons. The summed E-state index contributed by atoms with van der Waals surface area (Å²) < 4.78 is 5.52. The summed E-state index contributed by atoms with van der Waals surface area (Å²) in [6.45, 7) is 1.22. The summed E-state index contributed by atoms with van der Waals surface area (Å²) in [6.07, 6.45) is 7.11. The van der Waals surface area contributed by atoms with Gasteiger partial charge in [0.2, 0.25) is 11.8 Å². The lowest BCUT2D eigenvalue weighted by molar-refractivity contribution is -0.123. The highest BCUT2D eigenvalue weighted by molar-refractivity contribution is 6.23. The molecule has 3 fully saturated rings. The van der Waals surface area contributed by atoms with E-state index in [-0.39, 0.29) is 47.5 Å². The second-order valence-electron chi connectivity index (χ2n) is 7.91. The van der Waals surface area contributed by atoms with Gasteiger partial charge in [0.1, 0.15) is 0 Å². The predicted octanol–water partition coefficient (Wildman–Crippen LogP) is 1.91. The quantitative estimate of drug-likeness (QED) is 0.652. The Morgan fingerprint density at radius 2 is 1.89 bits per heavy atom. The van der Waals surface area contributed by atoms with Gasteiger partial charge in [-0.3, -0.25) is 14.4 Å². The maximum Gasteiger partial charge on any atom is 0.251 e. The minimum atomic E-state index is -0.232. The van der Waals surface area contributed by atoms with Gasteiger partial charge in [0.15, 0.2) is 0 Å². The van der Waals surface area contributed by atoms with Gasteiger partial charge in [-0.15, -0.1) is 0 Å². The van der Waals surface area contributed by atoms with Crippen LogP contribution in [0, 0.1) is 23.7 Å². The van der Waals surface area contributed by atoms with Gasteiger partial charge in [-0.2, -0.15) is 0 Å². The Hall–Kier alpha value is -2.47. The molecule has 3 amide bonds. The van der Waals surface area contributed by atoms with Crippen LogP contribution in [0.3, 0.4) is 0 Å². The molecule has 2 aliphatic carbocycles. The Morgan fingerprint density at radius 1 is 1.15 bits per heavy atom. The molecule has 6 nitrogen and oxygen atoms in total. The van der Waals surface area contributed by atoms with Crippen LogP contribution in [0.25, 0.3) is 0 Å². The summed E-state index contributed by atoms with van der Waals surface area (Å²) in [5.41, 5.74) is 0.938. The number of nitrogens with one attached hydrogen (secondary N) is 1. The van der Waals surface area contributed by atoms with E-state index >= 15 is 0 Å². The molecule has 1 saturated carbocycles. The van der Waals surface area contributed by atoms with E-state index in [0.29, 0.717) is 17.8 Å². The standard InChI is InChI=1S/C21H22N2O4/c24-19(22-11-16-5-2-8-27-16)14-3-1-4-15(10-14)23-20(25)17-12-6-7-13(9-12)18(17)21(23)26/h1,3-4,6-7,10,12-13,16-18H,2,5,8-9,11H2,(H,22,24)/t12-,13+,16-,17-,18-/m0/s1. The van der Waals surface area contributed by atoms with E-state index in [1.54, 1.807) is 24.3 Å². The highest BCUT2D eigenvalue weighted by Gasteiger charge is 2.59. The first-order valence-corrected chi connectivity index (χ1v) is 9.69. The Balaban J connectivity index is 1.34. The molecule has 2 aliphatic heterocycles. The SMILES string of the molecule is O=C(NC[C@@H]1CCCO1)c1cccc(N2C(=O)[C@@H]3[C@@H](C2=O)[C@H]2C=C[C@@H]3C2)c1. The lowest BCUT2D eigenvalue weighted by Crippen LogP contribution is -2.34. The number of hydrogen-bond donors (Lipinski definition) is 1. The van der Waals surface area contributed by atoms with Crippen LogP contribution in [0.5, 0.6) is 0 Å². The molecule has 27 heavy (non-hydrogen) atoms. The smallest absolute Gasteiger partial charge is 0.251 e. The number of hydrogen-bond acceptors (Lipinski definition) is 4. The summed E-state index contributed by atoms with van der Waals surface area (Å²) >= 11 is 0. The Bertz CT molecular complexity index is 812. The molecular weight excluding hydrogens is 344 g/mol. The van der Waals surface area contributed by atoms with Crippen molar-refractivity contribution in [1.82, 2.24) is 5.32 Å². The largest absolute Gasteiger partial charge is 0.376 e. The van der Waals surface area contributed by atoms with Gasteiger partial charge in [0.05, 0.1) is 23.6 Å². The summed E-state index contributed by atoms with van der Waals surface area (Å²) in [4.78, 5) is 39.6. The van der Waals surface area contributed by atoms with Crippen molar-refractivity contribution in [3.63, 3.8) is 0 Å². The number of fused-ring (bicyclic) bond motifs is 5. The van der Waals surface area contributed by atoms with Crippen LogP contribution < -0.4 is 10.2 Å². The molecule has 2 heterocycles. The number of carbonyl (C=O) groups is 3. The monoisotopic (exact) mass is 366 g/mol. The minimum absolute atomic E-state index is 0.0706. The average Bonchev–Trinajstić information content (AvgIpc) is 3.45. The van der Waals surface area contributed by atoms with E-state index in [0.717, 1.165) is 25.9 Å². The number of ether oxygens (including phenoxy) is 1.